The molecule has 5 nitrogen and oxygen atoms in total. The van der Waals surface area contributed by atoms with Crippen LogP contribution in [0.5, 0.6) is 5.75 Å². The Hall–Kier alpha value is -1.32. The van der Waals surface area contributed by atoms with Gasteiger partial charge in [0.25, 0.3) is 0 Å². The number of hydrogen-bond donors (Lipinski definition) is 1. The molecule has 6 heteroatoms. The van der Waals surface area contributed by atoms with E-state index in [1.807, 2.05) is 40.7 Å². The van der Waals surface area contributed by atoms with E-state index >= 15 is 0 Å². The standard InChI is InChI=1S/C17H28NO4P/c1-13(2)15(16(19)21-12-17(3,4)5)18-23(6,20)22-14-10-8-7-9-11-14/h7-11,13,15H,12H2,1-6H3,(H,18,20)/t15-,23?/m0/s1. The van der Waals surface area contributed by atoms with E-state index in [9.17, 15) is 9.36 Å². The molecule has 0 aliphatic carbocycles. The van der Waals surface area contributed by atoms with Crippen LogP contribution in [0.2, 0.25) is 0 Å². The molecule has 0 aliphatic rings. The van der Waals surface area contributed by atoms with E-state index in [1.54, 1.807) is 24.3 Å². The van der Waals surface area contributed by atoms with Gasteiger partial charge in [-0.15, -0.1) is 0 Å². The van der Waals surface area contributed by atoms with Crippen molar-refractivity contribution in [2.75, 3.05) is 13.3 Å². The number of para-hydroxylation sites is 1. The summed E-state index contributed by atoms with van der Waals surface area (Å²) in [6.07, 6.45) is 0. The highest BCUT2D eigenvalue weighted by atomic mass is 31.2. The van der Waals surface area contributed by atoms with Crippen LogP contribution in [0.25, 0.3) is 0 Å². The molecule has 1 unspecified atom stereocenters. The van der Waals surface area contributed by atoms with E-state index in [1.165, 1.54) is 6.66 Å². The largest absolute Gasteiger partial charge is 0.464 e. The third-order valence-electron chi connectivity index (χ3n) is 2.96. The summed E-state index contributed by atoms with van der Waals surface area (Å²) in [5.74, 6) is 0.0141. The van der Waals surface area contributed by atoms with Gasteiger partial charge in [0.15, 0.2) is 0 Å². The summed E-state index contributed by atoms with van der Waals surface area (Å²) < 4.78 is 23.5. The molecule has 0 bridgehead atoms. The summed E-state index contributed by atoms with van der Waals surface area (Å²) in [5, 5.41) is 2.84. The second kappa shape index (κ2) is 7.98. The minimum absolute atomic E-state index is 0.0740. The number of benzene rings is 1. The number of carbonyl (C=O) groups is 1. The van der Waals surface area contributed by atoms with Gasteiger partial charge in [-0.3, -0.25) is 9.36 Å². The topological polar surface area (TPSA) is 64.6 Å². The fourth-order valence-electron chi connectivity index (χ4n) is 1.81. The lowest BCUT2D eigenvalue weighted by Gasteiger charge is -2.26. The summed E-state index contributed by atoms with van der Waals surface area (Å²) in [4.78, 5) is 12.3. The van der Waals surface area contributed by atoms with Crippen molar-refractivity contribution in [3.05, 3.63) is 30.3 Å². The van der Waals surface area contributed by atoms with E-state index in [0.717, 1.165) is 0 Å². The Kier molecular flexibility index (Phi) is 6.84. The molecule has 0 fully saturated rings. The minimum Gasteiger partial charge on any atom is -0.464 e. The van der Waals surface area contributed by atoms with Crippen molar-refractivity contribution in [3.63, 3.8) is 0 Å². The van der Waals surface area contributed by atoms with Crippen LogP contribution in [0.1, 0.15) is 34.6 Å². The van der Waals surface area contributed by atoms with Gasteiger partial charge in [-0.05, 0) is 23.5 Å². The van der Waals surface area contributed by atoms with Crippen LogP contribution in [0, 0.1) is 11.3 Å². The third kappa shape index (κ3) is 7.67. The normalized spacial score (nSPS) is 15.8. The number of rotatable bonds is 7. The van der Waals surface area contributed by atoms with Gasteiger partial charge in [0, 0.05) is 6.66 Å². The molecule has 1 N–H and O–H groups in total. The van der Waals surface area contributed by atoms with Gasteiger partial charge in [0.05, 0.1) is 6.61 Å². The highest BCUT2D eigenvalue weighted by Gasteiger charge is 2.31. The van der Waals surface area contributed by atoms with Crippen LogP contribution in [-0.2, 0) is 14.1 Å². The fourth-order valence-corrected chi connectivity index (χ4v) is 3.30. The average molecular weight is 341 g/mol. The SMILES string of the molecule is CC(C)[C@H](NP(C)(=O)Oc1ccccc1)C(=O)OCC(C)(C)C. The molecular weight excluding hydrogens is 313 g/mol. The molecule has 1 aromatic rings. The third-order valence-corrected chi connectivity index (χ3v) is 4.27. The number of nitrogens with one attached hydrogen (secondary N) is 1. The number of ether oxygens (including phenoxy) is 1. The number of hydrogen-bond acceptors (Lipinski definition) is 4. The minimum atomic E-state index is -3.19. The first-order valence-electron chi connectivity index (χ1n) is 7.77. The summed E-state index contributed by atoms with van der Waals surface area (Å²) in [7, 11) is -3.19. The first-order valence-corrected chi connectivity index (χ1v) is 9.84. The second-order valence-corrected chi connectivity index (χ2v) is 9.40. The molecular formula is C17H28NO4P. The van der Waals surface area contributed by atoms with Crippen LogP contribution >= 0.6 is 7.52 Å². The molecule has 1 aromatic carbocycles. The highest BCUT2D eigenvalue weighted by Crippen LogP contribution is 2.40. The summed E-state index contributed by atoms with van der Waals surface area (Å²) in [6.45, 7) is 11.5. The first-order chi connectivity index (χ1) is 10.5. The highest BCUT2D eigenvalue weighted by molar-refractivity contribution is 7.56. The molecule has 0 saturated carbocycles. The zero-order chi connectivity index (χ0) is 17.7. The Balaban J connectivity index is 2.74. The van der Waals surface area contributed by atoms with Gasteiger partial charge >= 0.3 is 13.5 Å². The van der Waals surface area contributed by atoms with E-state index < -0.39 is 19.5 Å². The van der Waals surface area contributed by atoms with Crippen LogP contribution in [0.3, 0.4) is 0 Å². The Morgan fingerprint density at radius 3 is 2.26 bits per heavy atom. The van der Waals surface area contributed by atoms with Crippen molar-refractivity contribution in [3.8, 4) is 5.75 Å². The number of carbonyl (C=O) groups excluding carboxylic acids is 1. The lowest BCUT2D eigenvalue weighted by molar-refractivity contribution is -0.149. The molecule has 1 rings (SSSR count). The van der Waals surface area contributed by atoms with Crippen LogP contribution in [-0.4, -0.2) is 25.3 Å². The lowest BCUT2D eigenvalue weighted by Crippen LogP contribution is -2.41. The smallest absolute Gasteiger partial charge is 0.323 e. The Morgan fingerprint density at radius 1 is 1.22 bits per heavy atom. The molecule has 0 radical (unpaired) electrons. The molecule has 0 amide bonds. The van der Waals surface area contributed by atoms with E-state index in [2.05, 4.69) is 5.09 Å². The van der Waals surface area contributed by atoms with Gasteiger partial charge in [-0.2, -0.15) is 0 Å². The van der Waals surface area contributed by atoms with Crippen LogP contribution in [0.15, 0.2) is 30.3 Å². The van der Waals surface area contributed by atoms with Gasteiger partial charge in [0.1, 0.15) is 11.8 Å². The zero-order valence-corrected chi connectivity index (χ0v) is 15.7. The molecule has 0 aromatic heterocycles. The quantitative estimate of drug-likeness (QED) is 0.598. The predicted octanol–water partition coefficient (Wildman–Crippen LogP) is 4.09. The maximum absolute atomic E-state index is 12.7. The molecule has 0 heterocycles. The fraction of sp³-hybridized carbons (Fsp3) is 0.588. The van der Waals surface area contributed by atoms with Crippen LogP contribution in [0.4, 0.5) is 0 Å². The van der Waals surface area contributed by atoms with Crippen LogP contribution < -0.4 is 9.61 Å². The molecule has 0 spiro atoms. The van der Waals surface area contributed by atoms with E-state index in [0.29, 0.717) is 12.4 Å². The van der Waals surface area contributed by atoms with Crippen molar-refractivity contribution in [1.82, 2.24) is 5.09 Å². The summed E-state index contributed by atoms with van der Waals surface area (Å²) >= 11 is 0. The van der Waals surface area contributed by atoms with Crippen molar-refractivity contribution in [1.29, 1.82) is 0 Å². The van der Waals surface area contributed by atoms with Crippen molar-refractivity contribution >= 4 is 13.5 Å². The van der Waals surface area contributed by atoms with Gasteiger partial charge in [-0.1, -0.05) is 52.8 Å². The maximum atomic E-state index is 12.7. The van der Waals surface area contributed by atoms with Gasteiger partial charge < -0.3 is 9.26 Å². The van der Waals surface area contributed by atoms with Gasteiger partial charge in [0.2, 0.25) is 0 Å². The zero-order valence-electron chi connectivity index (χ0n) is 14.8. The van der Waals surface area contributed by atoms with E-state index in [-0.39, 0.29) is 11.3 Å². The van der Waals surface area contributed by atoms with Crippen molar-refractivity contribution in [2.24, 2.45) is 11.3 Å². The maximum Gasteiger partial charge on any atom is 0.323 e. The van der Waals surface area contributed by atoms with Gasteiger partial charge in [-0.25, -0.2) is 5.09 Å². The Labute approximate surface area is 139 Å². The molecule has 23 heavy (non-hydrogen) atoms. The second-order valence-electron chi connectivity index (χ2n) is 7.27. The van der Waals surface area contributed by atoms with E-state index in [4.69, 9.17) is 9.26 Å². The number of esters is 1. The summed E-state index contributed by atoms with van der Waals surface area (Å²) in [5.41, 5.74) is -0.117. The lowest BCUT2D eigenvalue weighted by atomic mass is 9.98. The first kappa shape index (κ1) is 19.7. The molecule has 130 valence electrons. The Morgan fingerprint density at radius 2 is 1.78 bits per heavy atom. The molecule has 0 aliphatic heterocycles. The predicted molar refractivity (Wildman–Crippen MR) is 92.8 cm³/mol. The van der Waals surface area contributed by atoms with Crippen molar-refractivity contribution < 1.29 is 18.6 Å². The molecule has 2 atom stereocenters. The van der Waals surface area contributed by atoms with Crippen molar-refractivity contribution in [2.45, 2.75) is 40.7 Å². The Bertz CT molecular complexity index is 551. The average Bonchev–Trinajstić information content (AvgIpc) is 2.42. The monoisotopic (exact) mass is 341 g/mol. The molecule has 0 saturated heterocycles. The summed E-state index contributed by atoms with van der Waals surface area (Å²) in [6, 6.07) is 8.21.